The molecule has 2 aromatic carbocycles. The van der Waals surface area contributed by atoms with Gasteiger partial charge in [-0.1, -0.05) is 18.2 Å². The first-order chi connectivity index (χ1) is 13.0. The van der Waals surface area contributed by atoms with Crippen LogP contribution < -0.4 is 19.8 Å². The number of carbonyl (C=O) groups is 1. The summed E-state index contributed by atoms with van der Waals surface area (Å²) in [5.74, 6) is 1.19. The third kappa shape index (κ3) is 3.84. The monoisotopic (exact) mass is 366 g/mol. The minimum absolute atomic E-state index is 0.0734. The van der Waals surface area contributed by atoms with Crippen LogP contribution >= 0.6 is 0 Å². The Morgan fingerprint density at radius 1 is 0.926 bits per heavy atom. The lowest BCUT2D eigenvalue weighted by Crippen LogP contribution is -2.12. The first-order valence-electron chi connectivity index (χ1n) is 8.12. The highest BCUT2D eigenvalue weighted by Gasteiger charge is 2.15. The van der Waals surface area contributed by atoms with E-state index in [0.29, 0.717) is 16.9 Å². The van der Waals surface area contributed by atoms with Gasteiger partial charge in [-0.25, -0.2) is 4.79 Å². The second-order valence-electron chi connectivity index (χ2n) is 5.66. The molecule has 1 heterocycles. The van der Waals surface area contributed by atoms with Gasteiger partial charge in [0.25, 0.3) is 0 Å². The van der Waals surface area contributed by atoms with Crippen molar-refractivity contribution in [3.63, 3.8) is 0 Å². The zero-order valence-electron chi connectivity index (χ0n) is 15.1. The van der Waals surface area contributed by atoms with Crippen LogP contribution in [-0.4, -0.2) is 27.1 Å². The van der Waals surface area contributed by atoms with E-state index in [4.69, 9.17) is 18.6 Å². The Balaban J connectivity index is 1.97. The summed E-state index contributed by atoms with van der Waals surface area (Å²) in [5, 5.41) is 0.513. The normalized spacial score (nSPS) is 10.9. The summed E-state index contributed by atoms with van der Waals surface area (Å²) < 4.78 is 20.9. The number of hydrogen-bond donors (Lipinski definition) is 0. The van der Waals surface area contributed by atoms with E-state index in [1.807, 2.05) is 0 Å². The fourth-order valence-electron chi connectivity index (χ4n) is 2.60. The van der Waals surface area contributed by atoms with Crippen LogP contribution in [0, 0.1) is 0 Å². The maximum Gasteiger partial charge on any atom is 0.347 e. The van der Waals surface area contributed by atoms with Crippen LogP contribution in [0.15, 0.2) is 57.8 Å². The van der Waals surface area contributed by atoms with Crippen molar-refractivity contribution >= 4 is 22.8 Å². The lowest BCUT2D eigenvalue weighted by Gasteiger charge is -2.08. The number of ketones is 1. The van der Waals surface area contributed by atoms with E-state index < -0.39 is 11.4 Å². The average Bonchev–Trinajstić information content (AvgIpc) is 2.70. The molecule has 0 fully saturated rings. The van der Waals surface area contributed by atoms with Gasteiger partial charge >= 0.3 is 5.63 Å². The molecular formula is C21H18O6. The van der Waals surface area contributed by atoms with E-state index in [9.17, 15) is 9.59 Å². The summed E-state index contributed by atoms with van der Waals surface area (Å²) in [5.41, 5.74) is 0.293. The van der Waals surface area contributed by atoms with Crippen molar-refractivity contribution in [2.45, 2.75) is 0 Å². The van der Waals surface area contributed by atoms with Crippen LogP contribution in [0.2, 0.25) is 0 Å². The third-order valence-corrected chi connectivity index (χ3v) is 4.05. The van der Waals surface area contributed by atoms with Gasteiger partial charge in [-0.05, 0) is 29.8 Å². The van der Waals surface area contributed by atoms with Crippen LogP contribution in [0.25, 0.3) is 17.0 Å². The molecule has 3 aromatic rings. The van der Waals surface area contributed by atoms with Gasteiger partial charge in [0, 0.05) is 12.1 Å². The zero-order chi connectivity index (χ0) is 19.4. The highest BCUT2D eigenvalue weighted by Crippen LogP contribution is 2.30. The van der Waals surface area contributed by atoms with Gasteiger partial charge in [0.2, 0.25) is 0 Å². The standard InChI is InChI=1S/C21H18O6/c1-24-14-7-4-13(5-8-14)6-9-18(22)16-12-17-19(26-3)10-15(25-2)11-20(17)27-21(16)23/h4-12H,1-3H3/b9-6+. The minimum atomic E-state index is -0.720. The van der Waals surface area contributed by atoms with Gasteiger partial charge < -0.3 is 18.6 Å². The number of benzene rings is 2. The average molecular weight is 366 g/mol. The summed E-state index contributed by atoms with van der Waals surface area (Å²) in [6.07, 6.45) is 2.95. The van der Waals surface area contributed by atoms with Crippen LogP contribution in [0.1, 0.15) is 15.9 Å². The highest BCUT2D eigenvalue weighted by atomic mass is 16.5. The molecule has 0 bridgehead atoms. The Morgan fingerprint density at radius 3 is 2.26 bits per heavy atom. The zero-order valence-corrected chi connectivity index (χ0v) is 15.1. The van der Waals surface area contributed by atoms with Crippen molar-refractivity contribution < 1.29 is 23.4 Å². The second-order valence-corrected chi connectivity index (χ2v) is 5.66. The maximum atomic E-state index is 12.5. The molecule has 0 aliphatic carbocycles. The Labute approximate surface area is 155 Å². The highest BCUT2D eigenvalue weighted by molar-refractivity contribution is 6.08. The first-order valence-corrected chi connectivity index (χ1v) is 8.12. The Kier molecular flexibility index (Phi) is 5.26. The number of allylic oxidation sites excluding steroid dienone is 1. The molecule has 0 atom stereocenters. The third-order valence-electron chi connectivity index (χ3n) is 4.05. The molecule has 0 aliphatic heterocycles. The fourth-order valence-corrected chi connectivity index (χ4v) is 2.60. The van der Waals surface area contributed by atoms with Crippen molar-refractivity contribution in [1.29, 1.82) is 0 Å². The molecule has 6 nitrogen and oxygen atoms in total. The van der Waals surface area contributed by atoms with Gasteiger partial charge in [0.15, 0.2) is 5.78 Å². The lowest BCUT2D eigenvalue weighted by atomic mass is 10.1. The molecule has 0 spiro atoms. The van der Waals surface area contributed by atoms with Gasteiger partial charge in [0.1, 0.15) is 28.4 Å². The lowest BCUT2D eigenvalue weighted by molar-refractivity contribution is 0.104. The van der Waals surface area contributed by atoms with Crippen LogP contribution in [0.5, 0.6) is 17.2 Å². The molecule has 1 aromatic heterocycles. The molecule has 6 heteroatoms. The van der Waals surface area contributed by atoms with Crippen molar-refractivity contribution in [2.24, 2.45) is 0 Å². The molecule has 0 saturated heterocycles. The summed E-state index contributed by atoms with van der Waals surface area (Å²) in [7, 11) is 4.57. The molecular weight excluding hydrogens is 348 g/mol. The molecule has 3 rings (SSSR count). The number of methoxy groups -OCH3 is 3. The second kappa shape index (κ2) is 7.78. The summed E-state index contributed by atoms with van der Waals surface area (Å²) >= 11 is 0. The topological polar surface area (TPSA) is 75.0 Å². The Hall–Kier alpha value is -3.54. The fraction of sp³-hybridized carbons (Fsp3) is 0.143. The number of fused-ring (bicyclic) bond motifs is 1. The summed E-state index contributed by atoms with van der Waals surface area (Å²) in [6.45, 7) is 0. The molecule has 0 N–H and O–H groups in total. The van der Waals surface area contributed by atoms with Crippen LogP contribution in [0.3, 0.4) is 0 Å². The maximum absolute atomic E-state index is 12.5. The van der Waals surface area contributed by atoms with E-state index >= 15 is 0 Å². The summed E-state index contributed by atoms with van der Waals surface area (Å²) in [6, 6.07) is 11.9. The predicted molar refractivity (Wildman–Crippen MR) is 102 cm³/mol. The quantitative estimate of drug-likeness (QED) is 0.376. The van der Waals surface area contributed by atoms with Crippen LogP contribution in [0.4, 0.5) is 0 Å². The van der Waals surface area contributed by atoms with E-state index in [1.54, 1.807) is 49.6 Å². The van der Waals surface area contributed by atoms with Crippen molar-refractivity contribution in [1.82, 2.24) is 0 Å². The first kappa shape index (κ1) is 18.3. The molecule has 0 amide bonds. The molecule has 138 valence electrons. The number of ether oxygens (including phenoxy) is 3. The largest absolute Gasteiger partial charge is 0.497 e. The Morgan fingerprint density at radius 2 is 1.63 bits per heavy atom. The van der Waals surface area contributed by atoms with Gasteiger partial charge in [-0.15, -0.1) is 0 Å². The van der Waals surface area contributed by atoms with Crippen molar-refractivity contribution in [2.75, 3.05) is 21.3 Å². The summed E-state index contributed by atoms with van der Waals surface area (Å²) in [4.78, 5) is 24.7. The molecule has 0 radical (unpaired) electrons. The SMILES string of the molecule is COc1ccc(/C=C/C(=O)c2cc3c(OC)cc(OC)cc3oc2=O)cc1. The molecule has 27 heavy (non-hydrogen) atoms. The van der Waals surface area contributed by atoms with Crippen molar-refractivity contribution in [3.8, 4) is 17.2 Å². The predicted octanol–water partition coefficient (Wildman–Crippen LogP) is 3.71. The molecule has 0 saturated carbocycles. The van der Waals surface area contributed by atoms with Gasteiger partial charge in [-0.3, -0.25) is 4.79 Å². The number of carbonyl (C=O) groups excluding carboxylic acids is 1. The van der Waals surface area contributed by atoms with Gasteiger partial charge in [-0.2, -0.15) is 0 Å². The number of hydrogen-bond acceptors (Lipinski definition) is 6. The van der Waals surface area contributed by atoms with Crippen molar-refractivity contribution in [3.05, 3.63) is 70.1 Å². The number of rotatable bonds is 6. The smallest absolute Gasteiger partial charge is 0.347 e. The minimum Gasteiger partial charge on any atom is -0.497 e. The van der Waals surface area contributed by atoms with E-state index in [-0.39, 0.29) is 11.1 Å². The van der Waals surface area contributed by atoms with E-state index in [1.165, 1.54) is 26.4 Å². The van der Waals surface area contributed by atoms with E-state index in [2.05, 4.69) is 0 Å². The van der Waals surface area contributed by atoms with E-state index in [0.717, 1.165) is 11.3 Å². The molecule has 0 unspecified atom stereocenters. The molecule has 0 aliphatic rings. The Bertz CT molecular complexity index is 1060. The van der Waals surface area contributed by atoms with Gasteiger partial charge in [0.05, 0.1) is 26.7 Å². The van der Waals surface area contributed by atoms with Crippen LogP contribution in [-0.2, 0) is 0 Å².